The smallest absolute Gasteiger partial charge is 0.343 e. The largest absolute Gasteiger partial charge is 0.465 e. The van der Waals surface area contributed by atoms with Crippen LogP contribution in [-0.2, 0) is 4.74 Å². The highest BCUT2D eigenvalue weighted by atomic mass is 16.5. The molecule has 3 rings (SSSR count). The summed E-state index contributed by atoms with van der Waals surface area (Å²) in [5.41, 5.74) is 8.59. The van der Waals surface area contributed by atoms with Gasteiger partial charge >= 0.3 is 5.97 Å². The van der Waals surface area contributed by atoms with E-state index in [1.165, 1.54) is 7.11 Å². The molecule has 7 nitrogen and oxygen atoms in total. The van der Waals surface area contributed by atoms with Gasteiger partial charge in [-0.25, -0.2) is 14.8 Å². The van der Waals surface area contributed by atoms with Crippen LogP contribution in [0.25, 0.3) is 22.2 Å². The summed E-state index contributed by atoms with van der Waals surface area (Å²) in [5, 5.41) is 9.64. The van der Waals surface area contributed by atoms with Crippen molar-refractivity contribution < 1.29 is 14.6 Å². The molecule has 2 aromatic heterocycles. The summed E-state index contributed by atoms with van der Waals surface area (Å²) in [7, 11) is 1.29. The van der Waals surface area contributed by atoms with Crippen molar-refractivity contribution >= 4 is 34.0 Å². The van der Waals surface area contributed by atoms with E-state index in [4.69, 9.17) is 10.5 Å². The van der Waals surface area contributed by atoms with Gasteiger partial charge in [-0.3, -0.25) is 0 Å². The van der Waals surface area contributed by atoms with Gasteiger partial charge in [0.1, 0.15) is 16.9 Å². The fraction of sp³-hybridized carbons (Fsp3) is 0.312. The molecule has 0 saturated heterocycles. The number of hydrogen-bond donors (Lipinski definition) is 2. The molecule has 0 bridgehead atoms. The van der Waals surface area contributed by atoms with Gasteiger partial charge in [-0.15, -0.1) is 0 Å². The summed E-state index contributed by atoms with van der Waals surface area (Å²) in [6, 6.07) is 7.09. The molecule has 2 heterocycles. The molecule has 0 unspecified atom stereocenters. The van der Waals surface area contributed by atoms with Crippen LogP contribution in [0.15, 0.2) is 24.3 Å². The van der Waals surface area contributed by atoms with E-state index in [9.17, 15) is 9.90 Å². The van der Waals surface area contributed by atoms with Gasteiger partial charge in [-0.1, -0.05) is 19.1 Å². The standard InChI is InChI=1S/C16H18N4O3/c1-3-9(8-21)20-14(17)12(16(22)23-2)13-15(20)19-11-7-5-4-6-10(11)18-13/h4-7,9,21H,3,8,17H2,1-2H3/t9-/m1/s1. The maximum Gasteiger partial charge on any atom is 0.343 e. The molecule has 0 aliphatic carbocycles. The van der Waals surface area contributed by atoms with Crippen molar-refractivity contribution in [2.24, 2.45) is 0 Å². The molecular weight excluding hydrogens is 296 g/mol. The maximum absolute atomic E-state index is 12.2. The molecule has 0 aliphatic heterocycles. The molecule has 7 heteroatoms. The summed E-state index contributed by atoms with van der Waals surface area (Å²) in [4.78, 5) is 21.3. The Kier molecular flexibility index (Phi) is 3.87. The quantitative estimate of drug-likeness (QED) is 0.713. The van der Waals surface area contributed by atoms with Gasteiger partial charge in [0.25, 0.3) is 0 Å². The zero-order chi connectivity index (χ0) is 16.6. The molecule has 120 valence electrons. The first-order chi connectivity index (χ1) is 11.1. The Morgan fingerprint density at radius 2 is 2.00 bits per heavy atom. The SMILES string of the molecule is CC[C@H](CO)n1c(N)c(C(=O)OC)c2nc3ccccc3nc21. The number of para-hydroxylation sites is 2. The van der Waals surface area contributed by atoms with E-state index in [0.717, 1.165) is 0 Å². The number of carbonyl (C=O) groups excluding carboxylic acids is 1. The Bertz CT molecular complexity index is 884. The number of methoxy groups -OCH3 is 1. The van der Waals surface area contributed by atoms with Crippen molar-refractivity contribution in [3.05, 3.63) is 29.8 Å². The normalized spacial score (nSPS) is 12.7. The number of benzene rings is 1. The van der Waals surface area contributed by atoms with Gasteiger partial charge in [0.2, 0.25) is 0 Å². The second-order valence-electron chi connectivity index (χ2n) is 5.25. The van der Waals surface area contributed by atoms with Gasteiger partial charge in [-0.2, -0.15) is 0 Å². The third-order valence-electron chi connectivity index (χ3n) is 3.97. The average molecular weight is 314 g/mol. The van der Waals surface area contributed by atoms with Crippen molar-refractivity contribution in [2.45, 2.75) is 19.4 Å². The first kappa shape index (κ1) is 15.2. The van der Waals surface area contributed by atoms with Crippen molar-refractivity contribution in [1.29, 1.82) is 0 Å². The summed E-state index contributed by atoms with van der Waals surface area (Å²) in [6.45, 7) is 1.82. The molecule has 0 radical (unpaired) electrons. The lowest BCUT2D eigenvalue weighted by Gasteiger charge is -2.16. The number of rotatable bonds is 4. The van der Waals surface area contributed by atoms with Crippen molar-refractivity contribution in [3.63, 3.8) is 0 Å². The number of aliphatic hydroxyl groups excluding tert-OH is 1. The molecule has 0 saturated carbocycles. The Morgan fingerprint density at radius 3 is 2.57 bits per heavy atom. The van der Waals surface area contributed by atoms with E-state index in [-0.39, 0.29) is 24.0 Å². The lowest BCUT2D eigenvalue weighted by atomic mass is 10.2. The summed E-state index contributed by atoms with van der Waals surface area (Å²) < 4.78 is 6.50. The summed E-state index contributed by atoms with van der Waals surface area (Å²) in [5.74, 6) is -0.355. The molecule has 0 amide bonds. The molecule has 3 aromatic rings. The number of aromatic nitrogens is 3. The van der Waals surface area contributed by atoms with Gasteiger partial charge in [-0.05, 0) is 18.6 Å². The predicted octanol–water partition coefficient (Wildman–Crippen LogP) is 1.90. The summed E-state index contributed by atoms with van der Waals surface area (Å²) >= 11 is 0. The van der Waals surface area contributed by atoms with E-state index in [0.29, 0.717) is 28.6 Å². The van der Waals surface area contributed by atoms with E-state index < -0.39 is 5.97 Å². The molecule has 23 heavy (non-hydrogen) atoms. The number of anilines is 1. The van der Waals surface area contributed by atoms with Gasteiger partial charge in [0.15, 0.2) is 5.65 Å². The first-order valence-corrected chi connectivity index (χ1v) is 7.37. The second-order valence-corrected chi connectivity index (χ2v) is 5.25. The number of nitrogen functional groups attached to an aromatic ring is 1. The minimum absolute atomic E-state index is 0.112. The summed E-state index contributed by atoms with van der Waals surface area (Å²) in [6.07, 6.45) is 0.638. The van der Waals surface area contributed by atoms with Crippen molar-refractivity contribution in [3.8, 4) is 0 Å². The fourth-order valence-corrected chi connectivity index (χ4v) is 2.75. The molecule has 1 atom stereocenters. The van der Waals surface area contributed by atoms with E-state index in [2.05, 4.69) is 9.97 Å². The third kappa shape index (κ3) is 2.29. The highest BCUT2D eigenvalue weighted by Crippen LogP contribution is 2.32. The number of aliphatic hydroxyl groups is 1. The topological polar surface area (TPSA) is 103 Å². The molecule has 0 aliphatic rings. The second kappa shape index (κ2) is 5.85. The predicted molar refractivity (Wildman–Crippen MR) is 87.2 cm³/mol. The highest BCUT2D eigenvalue weighted by Gasteiger charge is 2.27. The van der Waals surface area contributed by atoms with Crippen molar-refractivity contribution in [2.75, 3.05) is 19.5 Å². The van der Waals surface area contributed by atoms with Gasteiger partial charge in [0, 0.05) is 0 Å². The van der Waals surface area contributed by atoms with Crippen LogP contribution in [0.3, 0.4) is 0 Å². The number of carbonyl (C=O) groups is 1. The number of nitrogens with two attached hydrogens (primary N) is 1. The van der Waals surface area contributed by atoms with Crippen LogP contribution in [0, 0.1) is 0 Å². The van der Waals surface area contributed by atoms with E-state index in [1.807, 2.05) is 31.2 Å². The molecular formula is C16H18N4O3. The van der Waals surface area contributed by atoms with Crippen LogP contribution in [-0.4, -0.2) is 39.3 Å². The van der Waals surface area contributed by atoms with Crippen LogP contribution in [0.1, 0.15) is 29.7 Å². The zero-order valence-electron chi connectivity index (χ0n) is 13.0. The number of hydrogen-bond acceptors (Lipinski definition) is 6. The Labute approximate surface area is 132 Å². The van der Waals surface area contributed by atoms with E-state index in [1.54, 1.807) is 4.57 Å². The molecule has 1 aromatic carbocycles. The monoisotopic (exact) mass is 314 g/mol. The number of esters is 1. The molecule has 0 fully saturated rings. The van der Waals surface area contributed by atoms with Gasteiger partial charge < -0.3 is 20.1 Å². The zero-order valence-corrected chi connectivity index (χ0v) is 13.0. The Morgan fingerprint density at radius 1 is 1.35 bits per heavy atom. The van der Waals surface area contributed by atoms with Crippen LogP contribution < -0.4 is 5.73 Å². The van der Waals surface area contributed by atoms with Crippen LogP contribution in [0.2, 0.25) is 0 Å². The Balaban J connectivity index is 2.43. The number of ether oxygens (including phenoxy) is 1. The van der Waals surface area contributed by atoms with Gasteiger partial charge in [0.05, 0.1) is 30.8 Å². The molecule has 0 spiro atoms. The molecule has 3 N–H and O–H groups in total. The van der Waals surface area contributed by atoms with E-state index >= 15 is 0 Å². The fourth-order valence-electron chi connectivity index (χ4n) is 2.75. The Hall–Kier alpha value is -2.67. The van der Waals surface area contributed by atoms with Crippen molar-refractivity contribution in [1.82, 2.24) is 14.5 Å². The number of fused-ring (bicyclic) bond motifs is 2. The lowest BCUT2D eigenvalue weighted by molar-refractivity contribution is 0.0603. The number of nitrogens with zero attached hydrogens (tertiary/aromatic N) is 3. The average Bonchev–Trinajstić information content (AvgIpc) is 2.85. The maximum atomic E-state index is 12.2. The highest BCUT2D eigenvalue weighted by molar-refractivity contribution is 6.08. The van der Waals surface area contributed by atoms with Crippen LogP contribution in [0.5, 0.6) is 0 Å². The lowest BCUT2D eigenvalue weighted by Crippen LogP contribution is -2.16. The minimum atomic E-state index is -0.566. The van der Waals surface area contributed by atoms with Crippen LogP contribution >= 0.6 is 0 Å². The third-order valence-corrected chi connectivity index (χ3v) is 3.97. The minimum Gasteiger partial charge on any atom is -0.465 e. The van der Waals surface area contributed by atoms with Crippen LogP contribution in [0.4, 0.5) is 5.82 Å². The first-order valence-electron chi connectivity index (χ1n) is 7.37.